The molecule has 10 nitrogen and oxygen atoms in total. The fourth-order valence-corrected chi connectivity index (χ4v) is 6.15. The first-order chi connectivity index (χ1) is 27.1. The average molecular weight is 767 g/mol. The quantitative estimate of drug-likeness (QED) is 0.0245. The summed E-state index contributed by atoms with van der Waals surface area (Å²) in [6.07, 6.45) is 21.5. The Morgan fingerprint density at radius 1 is 0.464 bits per heavy atom. The third-order valence-corrected chi connectivity index (χ3v) is 9.42. The van der Waals surface area contributed by atoms with Crippen LogP contribution in [0.15, 0.2) is 91.0 Å². The molecule has 56 heavy (non-hydrogen) atoms. The first-order valence-electron chi connectivity index (χ1n) is 19.9. The van der Waals surface area contributed by atoms with E-state index in [4.69, 9.17) is 26.0 Å². The van der Waals surface area contributed by atoms with Crippen molar-refractivity contribution in [3.63, 3.8) is 0 Å². The third kappa shape index (κ3) is 17.2. The zero-order valence-corrected chi connectivity index (χ0v) is 32.7. The predicted molar refractivity (Wildman–Crippen MR) is 222 cm³/mol. The maximum Gasteiger partial charge on any atom is 0.343 e. The molecule has 6 N–H and O–H groups in total. The van der Waals surface area contributed by atoms with E-state index in [0.717, 1.165) is 12.8 Å². The van der Waals surface area contributed by atoms with E-state index in [0.29, 0.717) is 40.2 Å². The smallest absolute Gasteiger partial charge is 0.343 e. The van der Waals surface area contributed by atoms with E-state index in [9.17, 15) is 24.3 Å². The van der Waals surface area contributed by atoms with Crippen molar-refractivity contribution in [1.82, 2.24) is 0 Å². The monoisotopic (exact) mass is 766 g/mol. The molecule has 300 valence electrons. The van der Waals surface area contributed by atoms with Crippen LogP contribution in [0.4, 0.5) is 11.4 Å². The van der Waals surface area contributed by atoms with E-state index in [-0.39, 0.29) is 16.9 Å². The summed E-state index contributed by atoms with van der Waals surface area (Å²) in [6.45, 7) is 2.27. The molecule has 0 unspecified atom stereocenters. The van der Waals surface area contributed by atoms with Crippen LogP contribution in [0.3, 0.4) is 0 Å². The van der Waals surface area contributed by atoms with Gasteiger partial charge in [-0.25, -0.2) is 19.2 Å². The number of carboxylic acids is 2. The number of carboxylic acid groups (broad SMARTS) is 2. The summed E-state index contributed by atoms with van der Waals surface area (Å²) in [4.78, 5) is 46.5. The number of nitrogens with two attached hydrogens (primary N) is 2. The van der Waals surface area contributed by atoms with Gasteiger partial charge in [-0.1, -0.05) is 103 Å². The summed E-state index contributed by atoms with van der Waals surface area (Å²) in [7, 11) is 0. The highest BCUT2D eigenvalue weighted by Crippen LogP contribution is 2.23. The maximum atomic E-state index is 12.4. The Kier molecular flexibility index (Phi) is 20.3. The molecule has 4 aromatic rings. The topological polar surface area (TPSA) is 179 Å². The molecule has 0 saturated heterocycles. The number of esters is 2. The highest BCUT2D eigenvalue weighted by Gasteiger charge is 2.14. The Hall–Kier alpha value is -5.64. The van der Waals surface area contributed by atoms with Crippen molar-refractivity contribution in [1.29, 1.82) is 0 Å². The van der Waals surface area contributed by atoms with Gasteiger partial charge in [0.2, 0.25) is 0 Å². The van der Waals surface area contributed by atoms with Crippen LogP contribution in [0.2, 0.25) is 0 Å². The second kappa shape index (κ2) is 25.4. The van der Waals surface area contributed by atoms with Crippen LogP contribution in [0.5, 0.6) is 11.5 Å². The first kappa shape index (κ1) is 44.8. The van der Waals surface area contributed by atoms with Gasteiger partial charge >= 0.3 is 23.9 Å². The molecule has 0 radical (unpaired) electrons. The van der Waals surface area contributed by atoms with E-state index in [2.05, 4.69) is 6.92 Å². The summed E-state index contributed by atoms with van der Waals surface area (Å²) < 4.78 is 10.6. The van der Waals surface area contributed by atoms with Gasteiger partial charge < -0.3 is 31.2 Å². The van der Waals surface area contributed by atoms with E-state index in [1.54, 1.807) is 54.6 Å². The number of benzene rings is 4. The number of aryl methyl sites for hydroxylation is 1. The zero-order valence-electron chi connectivity index (χ0n) is 32.7. The lowest BCUT2D eigenvalue weighted by atomic mass is 9.99. The molecule has 0 aliphatic heterocycles. The number of anilines is 2. The second-order valence-electron chi connectivity index (χ2n) is 14.0. The van der Waals surface area contributed by atoms with Gasteiger partial charge in [0.05, 0.1) is 22.3 Å². The van der Waals surface area contributed by atoms with Crippen LogP contribution < -0.4 is 20.9 Å². The number of carbonyl (C=O) groups is 4. The lowest BCUT2D eigenvalue weighted by Gasteiger charge is -2.10. The summed E-state index contributed by atoms with van der Waals surface area (Å²) in [5, 5.41) is 18.3. The van der Waals surface area contributed by atoms with Crippen LogP contribution in [-0.2, 0) is 6.42 Å². The highest BCUT2D eigenvalue weighted by molar-refractivity contribution is 5.93. The highest BCUT2D eigenvalue weighted by atomic mass is 16.5. The number of carbonyl (C=O) groups excluding carboxylic acids is 2. The Morgan fingerprint density at radius 3 is 1.25 bits per heavy atom. The van der Waals surface area contributed by atoms with Crippen LogP contribution in [0.1, 0.15) is 157 Å². The molecule has 0 atom stereocenters. The Balaban J connectivity index is 0.000000368. The average Bonchev–Trinajstić information content (AvgIpc) is 3.18. The number of hydrogen-bond donors (Lipinski definition) is 4. The van der Waals surface area contributed by atoms with Crippen LogP contribution in [-0.4, -0.2) is 34.1 Å². The van der Waals surface area contributed by atoms with Crippen molar-refractivity contribution in [3.8, 4) is 11.5 Å². The zero-order chi connectivity index (χ0) is 40.5. The van der Waals surface area contributed by atoms with E-state index in [1.807, 2.05) is 0 Å². The summed E-state index contributed by atoms with van der Waals surface area (Å²) in [6, 6.07) is 23.2. The fourth-order valence-electron chi connectivity index (χ4n) is 6.15. The van der Waals surface area contributed by atoms with Crippen molar-refractivity contribution >= 4 is 35.3 Å². The number of unbranched alkanes of at least 4 members (excludes halogenated alkanes) is 15. The molecule has 0 aliphatic rings. The van der Waals surface area contributed by atoms with Crippen LogP contribution >= 0.6 is 0 Å². The number of hydrogen-bond acceptors (Lipinski definition) is 8. The number of ether oxygens (including phenoxy) is 2. The standard InChI is InChI=1S/C32H47NO4.C14H11NO4/c1-2-3-4-5-6-7-8-9-10-11-12-13-14-15-16-17-18-27-25-29(23-24-30(27)31(34)35)37-32(36)26-19-21-28(33)22-20-26;15-11-5-1-10(2-6-11)14(18)19-12-7-3-9(4-8-12)13(16)17/h19-25H,2-18,33H2,1H3,(H,34,35);1-8H,15H2,(H,16,17). The van der Waals surface area contributed by atoms with Gasteiger partial charge in [-0.2, -0.15) is 0 Å². The minimum Gasteiger partial charge on any atom is -0.478 e. The van der Waals surface area contributed by atoms with E-state index in [1.165, 1.54) is 126 Å². The molecule has 0 saturated carbocycles. The molecule has 0 bridgehead atoms. The molecule has 4 aromatic carbocycles. The van der Waals surface area contributed by atoms with Crippen LogP contribution in [0, 0.1) is 0 Å². The first-order valence-corrected chi connectivity index (χ1v) is 19.9. The molecule has 0 fully saturated rings. The molecular formula is C46H58N2O8. The van der Waals surface area contributed by atoms with Gasteiger partial charge in [0.1, 0.15) is 11.5 Å². The van der Waals surface area contributed by atoms with Crippen LogP contribution in [0.25, 0.3) is 0 Å². The summed E-state index contributed by atoms with van der Waals surface area (Å²) >= 11 is 0. The molecule has 0 aliphatic carbocycles. The van der Waals surface area contributed by atoms with Crippen molar-refractivity contribution in [3.05, 3.63) is 119 Å². The number of rotatable bonds is 23. The minimum atomic E-state index is -1.03. The summed E-state index contributed by atoms with van der Waals surface area (Å²) in [5.41, 5.74) is 14.2. The third-order valence-electron chi connectivity index (χ3n) is 9.42. The molecule has 0 spiro atoms. The van der Waals surface area contributed by atoms with E-state index >= 15 is 0 Å². The van der Waals surface area contributed by atoms with Gasteiger partial charge in [0.25, 0.3) is 0 Å². The lowest BCUT2D eigenvalue weighted by Crippen LogP contribution is -2.10. The van der Waals surface area contributed by atoms with Gasteiger partial charge in [-0.3, -0.25) is 0 Å². The molecule has 0 heterocycles. The van der Waals surface area contributed by atoms with Gasteiger partial charge in [-0.05, 0) is 109 Å². The maximum absolute atomic E-state index is 12.4. The Labute approximate surface area is 331 Å². The largest absolute Gasteiger partial charge is 0.478 e. The molecule has 4 rings (SSSR count). The lowest BCUT2D eigenvalue weighted by molar-refractivity contribution is 0.0684. The van der Waals surface area contributed by atoms with Crippen molar-refractivity contribution in [2.24, 2.45) is 0 Å². The van der Waals surface area contributed by atoms with Gasteiger partial charge in [-0.15, -0.1) is 0 Å². The number of aromatic carboxylic acids is 2. The summed E-state index contributed by atoms with van der Waals surface area (Å²) in [5.74, 6) is -2.36. The van der Waals surface area contributed by atoms with Crippen molar-refractivity contribution in [2.75, 3.05) is 11.5 Å². The molecule has 10 heteroatoms. The van der Waals surface area contributed by atoms with Gasteiger partial charge in [0, 0.05) is 11.4 Å². The van der Waals surface area contributed by atoms with Crippen molar-refractivity contribution < 1.29 is 38.9 Å². The predicted octanol–water partition coefficient (Wildman–Crippen LogP) is 11.2. The SMILES string of the molecule is CCCCCCCCCCCCCCCCCCc1cc(OC(=O)c2ccc(N)cc2)ccc1C(=O)O.Nc1ccc(C(=O)Oc2ccc(C(=O)O)cc2)cc1. The molecule has 0 aromatic heterocycles. The minimum absolute atomic E-state index is 0.132. The normalized spacial score (nSPS) is 10.6. The van der Waals surface area contributed by atoms with Crippen molar-refractivity contribution in [2.45, 2.75) is 116 Å². The molecule has 0 amide bonds. The fraction of sp³-hybridized carbons (Fsp3) is 0.391. The molecular weight excluding hydrogens is 709 g/mol. The Bertz CT molecular complexity index is 1790. The van der Waals surface area contributed by atoms with Gasteiger partial charge in [0.15, 0.2) is 0 Å². The second-order valence-corrected chi connectivity index (χ2v) is 14.0. The Morgan fingerprint density at radius 2 is 0.839 bits per heavy atom. The number of nitrogen functional groups attached to an aromatic ring is 2. The van der Waals surface area contributed by atoms with E-state index < -0.39 is 23.9 Å².